The quantitative estimate of drug-likeness (QED) is 0.242. The van der Waals surface area contributed by atoms with Crippen molar-refractivity contribution in [2.45, 2.75) is 82.6 Å². The Balaban J connectivity index is 1.71. The van der Waals surface area contributed by atoms with E-state index in [1.807, 2.05) is 44.2 Å². The molecule has 3 fully saturated rings. The zero-order valence-electron chi connectivity index (χ0n) is 24.8. The standard InChI is InChI=1S/C33H47N3O5/c1-5-19-34(20-6-2)29(38)26-27-30(39)36(22-13-8-9-14-23-37)28(33(27)18-17-32(26,4)41-33)31(40)35(21-7-3)24-25-15-11-10-12-16-25/h5,7,10-12,15-16,26-28,37H,1,3,6,8-9,13-14,17-24H2,2,4H3/t26-,27+,28?,32+,33?/m1/s1. The van der Waals surface area contributed by atoms with Gasteiger partial charge in [-0.1, -0.05) is 62.2 Å². The zero-order chi connectivity index (χ0) is 29.6. The molecule has 3 amide bonds. The monoisotopic (exact) mass is 565 g/mol. The molecule has 224 valence electrons. The van der Waals surface area contributed by atoms with Crippen LogP contribution >= 0.6 is 0 Å². The van der Waals surface area contributed by atoms with E-state index in [0.717, 1.165) is 24.8 Å². The number of unbranched alkanes of at least 4 members (excludes halogenated alkanes) is 3. The summed E-state index contributed by atoms with van der Waals surface area (Å²) in [5.74, 6) is -1.75. The molecule has 4 rings (SSSR count). The Hall–Kier alpha value is -2.97. The van der Waals surface area contributed by atoms with Crippen LogP contribution in [-0.4, -0.2) is 87.6 Å². The van der Waals surface area contributed by atoms with Crippen LogP contribution in [-0.2, 0) is 25.7 Å². The van der Waals surface area contributed by atoms with Gasteiger partial charge in [0.25, 0.3) is 0 Å². The summed E-state index contributed by atoms with van der Waals surface area (Å²) < 4.78 is 6.83. The summed E-state index contributed by atoms with van der Waals surface area (Å²) in [6.45, 7) is 14.0. The van der Waals surface area contributed by atoms with Crippen LogP contribution in [0.2, 0.25) is 0 Å². The predicted molar refractivity (Wildman–Crippen MR) is 159 cm³/mol. The Morgan fingerprint density at radius 3 is 2.39 bits per heavy atom. The number of amides is 3. The van der Waals surface area contributed by atoms with Crippen LogP contribution in [0.3, 0.4) is 0 Å². The highest BCUT2D eigenvalue weighted by Crippen LogP contribution is 2.63. The van der Waals surface area contributed by atoms with Crippen LogP contribution in [0.4, 0.5) is 0 Å². The Labute approximate surface area is 245 Å². The van der Waals surface area contributed by atoms with Crippen molar-refractivity contribution in [2.24, 2.45) is 11.8 Å². The van der Waals surface area contributed by atoms with Gasteiger partial charge in [-0.25, -0.2) is 0 Å². The minimum Gasteiger partial charge on any atom is -0.396 e. The third-order valence-corrected chi connectivity index (χ3v) is 9.12. The molecule has 2 bridgehead atoms. The minimum atomic E-state index is -1.05. The number of benzene rings is 1. The maximum absolute atomic E-state index is 14.5. The van der Waals surface area contributed by atoms with E-state index in [1.165, 1.54) is 0 Å². The highest BCUT2D eigenvalue weighted by molar-refractivity contribution is 5.99. The number of ether oxygens (including phenoxy) is 1. The molecule has 0 aromatic heterocycles. The number of nitrogens with zero attached hydrogens (tertiary/aromatic N) is 3. The van der Waals surface area contributed by atoms with E-state index in [4.69, 9.17) is 4.74 Å². The fourth-order valence-corrected chi connectivity index (χ4v) is 7.35. The van der Waals surface area contributed by atoms with E-state index in [-0.39, 0.29) is 24.3 Å². The Kier molecular flexibility index (Phi) is 10.1. The van der Waals surface area contributed by atoms with Crippen molar-refractivity contribution >= 4 is 17.7 Å². The van der Waals surface area contributed by atoms with E-state index in [9.17, 15) is 19.5 Å². The SMILES string of the molecule is C=CCN(Cc1ccccc1)C(=O)C1N(CCCCCCO)C(=O)[C@@H]2[C@H](C(=O)N(CC=C)CCC)[C@]3(C)CCC12O3. The molecule has 1 N–H and O–H groups in total. The number of likely N-dealkylation sites (tertiary alicyclic amines) is 1. The molecule has 1 aromatic rings. The number of hydrogen-bond acceptors (Lipinski definition) is 5. The number of aliphatic hydroxyl groups is 1. The molecule has 0 saturated carbocycles. The van der Waals surface area contributed by atoms with Gasteiger partial charge < -0.3 is 24.5 Å². The number of carbonyl (C=O) groups excluding carboxylic acids is 3. The molecule has 41 heavy (non-hydrogen) atoms. The van der Waals surface area contributed by atoms with Crippen molar-refractivity contribution in [3.8, 4) is 0 Å². The first-order valence-corrected chi connectivity index (χ1v) is 15.2. The van der Waals surface area contributed by atoms with Crippen LogP contribution in [0.5, 0.6) is 0 Å². The van der Waals surface area contributed by atoms with E-state index < -0.39 is 29.1 Å². The van der Waals surface area contributed by atoms with E-state index >= 15 is 0 Å². The molecule has 1 aromatic carbocycles. The summed E-state index contributed by atoms with van der Waals surface area (Å²) in [5.41, 5.74) is -0.858. The fraction of sp³-hybridized carbons (Fsp3) is 0.606. The largest absolute Gasteiger partial charge is 0.396 e. The van der Waals surface area contributed by atoms with Crippen molar-refractivity contribution in [2.75, 3.05) is 32.8 Å². The molecule has 0 aliphatic carbocycles. The lowest BCUT2D eigenvalue weighted by Gasteiger charge is -2.37. The first-order valence-electron chi connectivity index (χ1n) is 15.2. The van der Waals surface area contributed by atoms with Gasteiger partial charge in [0, 0.05) is 39.3 Å². The number of carbonyl (C=O) groups is 3. The summed E-state index contributed by atoms with van der Waals surface area (Å²) in [6.07, 6.45) is 8.53. The van der Waals surface area contributed by atoms with Crippen LogP contribution in [0, 0.1) is 11.8 Å². The maximum Gasteiger partial charge on any atom is 0.248 e. The lowest BCUT2D eigenvalue weighted by molar-refractivity contribution is -0.153. The fourth-order valence-electron chi connectivity index (χ4n) is 7.35. The first kappa shape index (κ1) is 31.0. The summed E-state index contributed by atoms with van der Waals surface area (Å²) >= 11 is 0. The number of fused-ring (bicyclic) bond motifs is 1. The maximum atomic E-state index is 14.5. The lowest BCUT2D eigenvalue weighted by atomic mass is 9.66. The van der Waals surface area contributed by atoms with Crippen molar-refractivity contribution in [3.63, 3.8) is 0 Å². The third kappa shape index (κ3) is 5.86. The highest BCUT2D eigenvalue weighted by Gasteiger charge is 2.78. The molecule has 5 atom stereocenters. The second kappa shape index (κ2) is 13.3. The van der Waals surface area contributed by atoms with Gasteiger partial charge in [0.15, 0.2) is 0 Å². The smallest absolute Gasteiger partial charge is 0.248 e. The minimum absolute atomic E-state index is 0.0857. The van der Waals surface area contributed by atoms with Crippen LogP contribution < -0.4 is 0 Å². The highest BCUT2D eigenvalue weighted by atomic mass is 16.5. The number of hydrogen-bond donors (Lipinski definition) is 1. The normalized spacial score (nSPS) is 28.0. The zero-order valence-corrected chi connectivity index (χ0v) is 24.8. The molecule has 8 nitrogen and oxygen atoms in total. The van der Waals surface area contributed by atoms with Gasteiger partial charge >= 0.3 is 0 Å². The van der Waals surface area contributed by atoms with Gasteiger partial charge in [-0.2, -0.15) is 0 Å². The summed E-state index contributed by atoms with van der Waals surface area (Å²) in [5, 5.41) is 9.19. The lowest BCUT2D eigenvalue weighted by Crippen LogP contribution is -2.56. The van der Waals surface area contributed by atoms with Crippen LogP contribution in [0.1, 0.15) is 64.4 Å². The third-order valence-electron chi connectivity index (χ3n) is 9.12. The Morgan fingerprint density at radius 2 is 1.73 bits per heavy atom. The summed E-state index contributed by atoms with van der Waals surface area (Å²) in [6, 6.07) is 9.00. The molecule has 8 heteroatoms. The van der Waals surface area contributed by atoms with Crippen molar-refractivity contribution in [1.29, 1.82) is 0 Å². The van der Waals surface area contributed by atoms with Gasteiger partial charge in [0.2, 0.25) is 17.7 Å². The molecule has 3 saturated heterocycles. The molecule has 2 unspecified atom stereocenters. The average molecular weight is 566 g/mol. The van der Waals surface area contributed by atoms with Crippen molar-refractivity contribution in [1.82, 2.24) is 14.7 Å². The Bertz CT molecular complexity index is 1110. The second-order valence-corrected chi connectivity index (χ2v) is 12.0. The molecule has 1 spiro atoms. The molecular formula is C33H47N3O5. The average Bonchev–Trinajstić information content (AvgIpc) is 3.53. The number of rotatable bonds is 16. The molecule has 0 radical (unpaired) electrons. The van der Waals surface area contributed by atoms with Crippen LogP contribution in [0.25, 0.3) is 0 Å². The topological polar surface area (TPSA) is 90.4 Å². The Morgan fingerprint density at radius 1 is 1.05 bits per heavy atom. The van der Waals surface area contributed by atoms with Gasteiger partial charge in [0.1, 0.15) is 11.6 Å². The molecular weight excluding hydrogens is 518 g/mol. The van der Waals surface area contributed by atoms with Crippen molar-refractivity contribution < 1.29 is 24.2 Å². The van der Waals surface area contributed by atoms with Crippen molar-refractivity contribution in [3.05, 3.63) is 61.2 Å². The van der Waals surface area contributed by atoms with Gasteiger partial charge in [-0.3, -0.25) is 14.4 Å². The first-order chi connectivity index (χ1) is 19.8. The number of aliphatic hydroxyl groups excluding tert-OH is 1. The molecule has 3 heterocycles. The molecule has 3 aliphatic rings. The molecule has 3 aliphatic heterocycles. The van der Waals surface area contributed by atoms with Gasteiger partial charge in [-0.05, 0) is 44.6 Å². The van der Waals surface area contributed by atoms with E-state index in [0.29, 0.717) is 58.4 Å². The second-order valence-electron chi connectivity index (χ2n) is 12.0. The summed E-state index contributed by atoms with van der Waals surface area (Å²) in [7, 11) is 0. The van der Waals surface area contributed by atoms with Gasteiger partial charge in [-0.15, -0.1) is 13.2 Å². The van der Waals surface area contributed by atoms with E-state index in [1.54, 1.807) is 26.9 Å². The summed E-state index contributed by atoms with van der Waals surface area (Å²) in [4.78, 5) is 48.2. The predicted octanol–water partition coefficient (Wildman–Crippen LogP) is 3.94. The van der Waals surface area contributed by atoms with Gasteiger partial charge in [0.05, 0.1) is 17.4 Å². The van der Waals surface area contributed by atoms with Crippen LogP contribution in [0.15, 0.2) is 55.6 Å². The van der Waals surface area contributed by atoms with E-state index in [2.05, 4.69) is 13.2 Å².